The zero-order valence-electron chi connectivity index (χ0n) is 12.0. The third-order valence-electron chi connectivity index (χ3n) is 2.86. The highest BCUT2D eigenvalue weighted by Crippen LogP contribution is 2.36. The van der Waals surface area contributed by atoms with Gasteiger partial charge in [-0.1, -0.05) is 34.7 Å². The van der Waals surface area contributed by atoms with Gasteiger partial charge in [0.2, 0.25) is 0 Å². The van der Waals surface area contributed by atoms with E-state index in [0.29, 0.717) is 4.34 Å². The maximum Gasteiger partial charge on any atom is 0.418 e. The average Bonchev–Trinajstić information content (AvgIpc) is 3.13. The van der Waals surface area contributed by atoms with Crippen molar-refractivity contribution in [2.45, 2.75) is 23.2 Å². The summed E-state index contributed by atoms with van der Waals surface area (Å²) in [6.07, 6.45) is -4.58. The van der Waals surface area contributed by atoms with Crippen molar-refractivity contribution in [3.63, 3.8) is 0 Å². The van der Waals surface area contributed by atoms with Gasteiger partial charge < -0.3 is 0 Å². The van der Waals surface area contributed by atoms with E-state index in [0.717, 1.165) is 15.8 Å². The van der Waals surface area contributed by atoms with E-state index < -0.39 is 11.7 Å². The second-order valence-electron chi connectivity index (χ2n) is 4.54. The van der Waals surface area contributed by atoms with Crippen LogP contribution in [0.4, 0.5) is 13.2 Å². The van der Waals surface area contributed by atoms with Crippen molar-refractivity contribution in [2.75, 3.05) is 0 Å². The predicted octanol–water partition coefficient (Wildman–Crippen LogP) is 3.79. The average molecular weight is 393 g/mol. The van der Waals surface area contributed by atoms with Gasteiger partial charge in [-0.15, -0.1) is 15.3 Å². The molecular formula is C12H8ClF3N6S2. The zero-order valence-corrected chi connectivity index (χ0v) is 14.3. The molecule has 0 bridgehead atoms. The van der Waals surface area contributed by atoms with Crippen molar-refractivity contribution < 1.29 is 13.2 Å². The number of hydrogen-bond acceptors (Lipinski definition) is 7. The van der Waals surface area contributed by atoms with Crippen LogP contribution in [0.25, 0.3) is 5.69 Å². The molecule has 0 unspecified atom stereocenters. The Morgan fingerprint density at radius 2 is 2.04 bits per heavy atom. The number of halogens is 4. The van der Waals surface area contributed by atoms with Gasteiger partial charge in [-0.2, -0.15) is 17.9 Å². The molecule has 0 amide bonds. The molecule has 0 radical (unpaired) electrons. The summed E-state index contributed by atoms with van der Waals surface area (Å²) < 4.78 is 41.5. The number of hydrogen-bond donors (Lipinski definition) is 0. The monoisotopic (exact) mass is 392 g/mol. The lowest BCUT2D eigenvalue weighted by Gasteiger charge is -2.13. The van der Waals surface area contributed by atoms with E-state index in [1.165, 1.54) is 35.2 Å². The van der Waals surface area contributed by atoms with Crippen LogP contribution in [0.15, 0.2) is 22.5 Å². The highest BCUT2D eigenvalue weighted by atomic mass is 35.5. The van der Waals surface area contributed by atoms with E-state index in [1.54, 1.807) is 0 Å². The Hall–Kier alpha value is -1.72. The molecule has 0 fully saturated rings. The summed E-state index contributed by atoms with van der Waals surface area (Å²) in [5.41, 5.74) is -1.08. The minimum atomic E-state index is -4.58. The lowest BCUT2D eigenvalue weighted by Crippen LogP contribution is -2.13. The number of tetrazole rings is 1. The fourth-order valence-corrected chi connectivity index (χ4v) is 3.76. The van der Waals surface area contributed by atoms with Crippen molar-refractivity contribution >= 4 is 34.7 Å². The van der Waals surface area contributed by atoms with Crippen LogP contribution in [-0.4, -0.2) is 30.4 Å². The van der Waals surface area contributed by atoms with Gasteiger partial charge in [-0.25, -0.2) is 0 Å². The molecule has 0 aliphatic carbocycles. The fourth-order valence-electron chi connectivity index (χ4n) is 1.87. The second kappa shape index (κ2) is 6.65. The van der Waals surface area contributed by atoms with Crippen molar-refractivity contribution in [2.24, 2.45) is 0 Å². The molecule has 2 aromatic heterocycles. The molecule has 12 heteroatoms. The number of alkyl halides is 3. The van der Waals surface area contributed by atoms with E-state index in [-0.39, 0.29) is 22.3 Å². The van der Waals surface area contributed by atoms with Crippen LogP contribution in [0, 0.1) is 6.92 Å². The predicted molar refractivity (Wildman–Crippen MR) is 83.4 cm³/mol. The molecule has 0 aliphatic heterocycles. The molecule has 0 N–H and O–H groups in total. The van der Waals surface area contributed by atoms with Crippen molar-refractivity contribution in [1.29, 1.82) is 0 Å². The number of thioether (sulfide) groups is 1. The van der Waals surface area contributed by atoms with Crippen LogP contribution in [0.2, 0.25) is 5.02 Å². The molecule has 0 aliphatic rings. The Morgan fingerprint density at radius 1 is 1.25 bits per heavy atom. The van der Waals surface area contributed by atoms with E-state index in [9.17, 15) is 13.2 Å². The van der Waals surface area contributed by atoms with Gasteiger partial charge in [0.25, 0.3) is 0 Å². The summed E-state index contributed by atoms with van der Waals surface area (Å²) in [5, 5.41) is 19.6. The molecule has 6 nitrogen and oxygen atoms in total. The third-order valence-corrected chi connectivity index (χ3v) is 5.06. The maximum absolute atomic E-state index is 13.2. The fraction of sp³-hybridized carbons (Fsp3) is 0.250. The maximum atomic E-state index is 13.2. The molecule has 0 atom stereocenters. The molecular weight excluding hydrogens is 385 g/mol. The third kappa shape index (κ3) is 3.68. The standard InChI is InChI=1S/C12H8ClF3N6S2/c1-6-17-19-11(24-6)23-5-10-18-20-21-22(10)9-3-2-7(13)4-8(9)12(14,15)16/h2-4H,5H2,1H3. The smallest absolute Gasteiger partial charge is 0.196 e. The van der Waals surface area contributed by atoms with Gasteiger partial charge in [0.1, 0.15) is 5.01 Å². The Bertz CT molecular complexity index is 863. The van der Waals surface area contributed by atoms with Gasteiger partial charge >= 0.3 is 6.18 Å². The molecule has 0 saturated heterocycles. The van der Waals surface area contributed by atoms with Crippen LogP contribution in [-0.2, 0) is 11.9 Å². The Morgan fingerprint density at radius 3 is 2.71 bits per heavy atom. The lowest BCUT2D eigenvalue weighted by molar-refractivity contribution is -0.137. The Kier molecular flexibility index (Phi) is 4.74. The number of aryl methyl sites for hydroxylation is 1. The summed E-state index contributed by atoms with van der Waals surface area (Å²) in [5.74, 6) is 0.516. The van der Waals surface area contributed by atoms with Gasteiger partial charge in [-0.05, 0) is 35.5 Å². The molecule has 3 rings (SSSR count). The number of aromatic nitrogens is 6. The largest absolute Gasteiger partial charge is 0.418 e. The van der Waals surface area contributed by atoms with E-state index in [2.05, 4.69) is 25.7 Å². The van der Waals surface area contributed by atoms with Crippen LogP contribution in [0.5, 0.6) is 0 Å². The summed E-state index contributed by atoms with van der Waals surface area (Å²) >= 11 is 8.37. The molecule has 2 heterocycles. The first-order valence-electron chi connectivity index (χ1n) is 6.42. The first-order valence-corrected chi connectivity index (χ1v) is 8.60. The normalized spacial score (nSPS) is 11.9. The second-order valence-corrected chi connectivity index (χ2v) is 7.38. The first kappa shape index (κ1) is 17.1. The molecule has 3 aromatic rings. The van der Waals surface area contributed by atoms with Crippen LogP contribution < -0.4 is 0 Å². The minimum Gasteiger partial charge on any atom is -0.196 e. The van der Waals surface area contributed by atoms with Crippen molar-refractivity contribution in [3.05, 3.63) is 39.6 Å². The van der Waals surface area contributed by atoms with Crippen LogP contribution >= 0.6 is 34.7 Å². The number of benzene rings is 1. The number of rotatable bonds is 4. The summed E-state index contributed by atoms with van der Waals surface area (Å²) in [7, 11) is 0. The van der Waals surface area contributed by atoms with Gasteiger partial charge in [0, 0.05) is 5.02 Å². The van der Waals surface area contributed by atoms with E-state index in [4.69, 9.17) is 11.6 Å². The quantitative estimate of drug-likeness (QED) is 0.629. The van der Waals surface area contributed by atoms with Crippen molar-refractivity contribution in [3.8, 4) is 5.69 Å². The Balaban J connectivity index is 1.93. The van der Waals surface area contributed by atoms with Gasteiger partial charge in [0.05, 0.1) is 17.0 Å². The summed E-state index contributed by atoms with van der Waals surface area (Å²) in [6, 6.07) is 3.45. The van der Waals surface area contributed by atoms with Crippen LogP contribution in [0.1, 0.15) is 16.4 Å². The molecule has 126 valence electrons. The van der Waals surface area contributed by atoms with E-state index >= 15 is 0 Å². The Labute approximate surface area is 147 Å². The zero-order chi connectivity index (χ0) is 17.3. The highest BCUT2D eigenvalue weighted by molar-refractivity contribution is 8.00. The SMILES string of the molecule is Cc1nnc(SCc2nnnn2-c2ccc(Cl)cc2C(F)(F)F)s1. The molecule has 0 saturated carbocycles. The van der Waals surface area contributed by atoms with Crippen molar-refractivity contribution in [1.82, 2.24) is 30.4 Å². The summed E-state index contributed by atoms with van der Waals surface area (Å²) in [4.78, 5) is 0. The topological polar surface area (TPSA) is 69.4 Å². The molecule has 1 aromatic carbocycles. The van der Waals surface area contributed by atoms with Crippen LogP contribution in [0.3, 0.4) is 0 Å². The first-order chi connectivity index (χ1) is 11.3. The van der Waals surface area contributed by atoms with Gasteiger partial charge in [-0.3, -0.25) is 0 Å². The number of nitrogens with zero attached hydrogens (tertiary/aromatic N) is 6. The minimum absolute atomic E-state index is 0.0144. The summed E-state index contributed by atoms with van der Waals surface area (Å²) in [6.45, 7) is 1.81. The van der Waals surface area contributed by atoms with E-state index in [1.807, 2.05) is 6.92 Å². The highest BCUT2D eigenvalue weighted by Gasteiger charge is 2.35. The molecule has 24 heavy (non-hydrogen) atoms. The lowest BCUT2D eigenvalue weighted by atomic mass is 10.1. The molecule has 0 spiro atoms. The van der Waals surface area contributed by atoms with Gasteiger partial charge in [0.15, 0.2) is 10.2 Å².